The predicted molar refractivity (Wildman–Crippen MR) is 68.9 cm³/mol. The Morgan fingerprint density at radius 2 is 2.24 bits per heavy atom. The van der Waals surface area contributed by atoms with E-state index < -0.39 is 0 Å². The van der Waals surface area contributed by atoms with E-state index in [4.69, 9.17) is 4.74 Å². The highest BCUT2D eigenvalue weighted by Gasteiger charge is 2.22. The van der Waals surface area contributed by atoms with Gasteiger partial charge in [0.25, 0.3) is 0 Å². The van der Waals surface area contributed by atoms with E-state index in [0.717, 1.165) is 32.1 Å². The van der Waals surface area contributed by atoms with Gasteiger partial charge in [0.05, 0.1) is 7.11 Å². The maximum atomic E-state index is 11.6. The lowest BCUT2D eigenvalue weighted by atomic mass is 10.0. The van der Waals surface area contributed by atoms with Gasteiger partial charge in [0.15, 0.2) is 0 Å². The van der Waals surface area contributed by atoms with Crippen LogP contribution in [0.15, 0.2) is 0 Å². The second kappa shape index (κ2) is 7.67. The summed E-state index contributed by atoms with van der Waals surface area (Å²) in [5.41, 5.74) is 0. The molecule has 2 atom stereocenters. The molecule has 0 saturated carbocycles. The normalized spacial score (nSPS) is 24.1. The van der Waals surface area contributed by atoms with E-state index in [2.05, 4.69) is 17.1 Å². The zero-order chi connectivity index (χ0) is 12.7. The number of nitrogens with zero attached hydrogens (tertiary/aromatic N) is 1. The van der Waals surface area contributed by atoms with Crippen LogP contribution >= 0.6 is 0 Å². The zero-order valence-electron chi connectivity index (χ0n) is 11.4. The van der Waals surface area contributed by atoms with Crippen molar-refractivity contribution in [1.29, 1.82) is 0 Å². The average Bonchev–Trinajstić information content (AvgIpc) is 2.53. The van der Waals surface area contributed by atoms with Gasteiger partial charge in [0.2, 0.25) is 0 Å². The number of nitrogens with one attached hydrogen (secondary N) is 1. The quantitative estimate of drug-likeness (QED) is 0.737. The third-order valence-corrected chi connectivity index (χ3v) is 3.49. The molecule has 0 aromatic heterocycles. The lowest BCUT2D eigenvalue weighted by molar-refractivity contribution is -0.143. The summed E-state index contributed by atoms with van der Waals surface area (Å²) in [4.78, 5) is 14.0. The van der Waals surface area contributed by atoms with Gasteiger partial charge >= 0.3 is 5.97 Å². The minimum atomic E-state index is -0.182. The summed E-state index contributed by atoms with van der Waals surface area (Å²) in [5.74, 6) is 0.667. The summed E-state index contributed by atoms with van der Waals surface area (Å²) in [6.07, 6.45) is 3.78. The summed E-state index contributed by atoms with van der Waals surface area (Å²) in [6.45, 7) is 8.09. The van der Waals surface area contributed by atoms with Crippen molar-refractivity contribution in [2.24, 2.45) is 5.92 Å². The lowest BCUT2D eigenvalue weighted by Crippen LogP contribution is -2.47. The maximum absolute atomic E-state index is 11.6. The SMILES string of the molecule is CCNC(CN1CCCC(C)CC1)C(=O)OC. The number of likely N-dealkylation sites (N-methyl/N-ethyl adjacent to an activating group) is 1. The van der Waals surface area contributed by atoms with Crippen LogP contribution in [-0.2, 0) is 9.53 Å². The number of methoxy groups -OCH3 is 1. The molecule has 1 saturated heterocycles. The van der Waals surface area contributed by atoms with Crippen LogP contribution < -0.4 is 5.32 Å². The molecule has 4 heteroatoms. The molecule has 0 bridgehead atoms. The number of carbonyl (C=O) groups excluding carboxylic acids is 1. The molecule has 1 fully saturated rings. The van der Waals surface area contributed by atoms with Crippen LogP contribution in [0, 0.1) is 5.92 Å². The van der Waals surface area contributed by atoms with Gasteiger partial charge in [0, 0.05) is 6.54 Å². The predicted octanol–water partition coefficient (Wildman–Crippen LogP) is 1.26. The molecular weight excluding hydrogens is 216 g/mol. The van der Waals surface area contributed by atoms with Crippen molar-refractivity contribution >= 4 is 5.97 Å². The summed E-state index contributed by atoms with van der Waals surface area (Å²) in [5, 5.41) is 3.20. The average molecular weight is 242 g/mol. The minimum Gasteiger partial charge on any atom is -0.468 e. The number of rotatable bonds is 5. The number of hydrogen-bond acceptors (Lipinski definition) is 4. The molecule has 1 aliphatic heterocycles. The van der Waals surface area contributed by atoms with E-state index in [1.165, 1.54) is 26.4 Å². The van der Waals surface area contributed by atoms with Crippen LogP contribution in [0.4, 0.5) is 0 Å². The highest BCUT2D eigenvalue weighted by Crippen LogP contribution is 2.16. The Morgan fingerprint density at radius 1 is 1.47 bits per heavy atom. The Labute approximate surface area is 105 Å². The Morgan fingerprint density at radius 3 is 2.88 bits per heavy atom. The van der Waals surface area contributed by atoms with E-state index in [9.17, 15) is 4.79 Å². The first-order valence-electron chi connectivity index (χ1n) is 6.71. The second-order valence-electron chi connectivity index (χ2n) is 4.97. The van der Waals surface area contributed by atoms with Gasteiger partial charge in [-0.1, -0.05) is 13.8 Å². The fourth-order valence-corrected chi connectivity index (χ4v) is 2.37. The van der Waals surface area contributed by atoms with Crippen LogP contribution in [-0.4, -0.2) is 50.2 Å². The van der Waals surface area contributed by atoms with Crippen LogP contribution in [0.3, 0.4) is 0 Å². The zero-order valence-corrected chi connectivity index (χ0v) is 11.4. The molecule has 4 nitrogen and oxygen atoms in total. The van der Waals surface area contributed by atoms with E-state index in [1.54, 1.807) is 0 Å². The summed E-state index contributed by atoms with van der Waals surface area (Å²) < 4.78 is 4.83. The highest BCUT2D eigenvalue weighted by atomic mass is 16.5. The van der Waals surface area contributed by atoms with E-state index in [0.29, 0.717) is 0 Å². The Hall–Kier alpha value is -0.610. The molecule has 0 aromatic carbocycles. The van der Waals surface area contributed by atoms with Crippen molar-refractivity contribution in [3.63, 3.8) is 0 Å². The molecule has 2 unspecified atom stereocenters. The molecule has 0 aromatic rings. The van der Waals surface area contributed by atoms with Gasteiger partial charge in [-0.15, -0.1) is 0 Å². The summed E-state index contributed by atoms with van der Waals surface area (Å²) in [7, 11) is 1.46. The standard InChI is InChI=1S/C13H26N2O2/c1-4-14-12(13(16)17-3)10-15-8-5-6-11(2)7-9-15/h11-12,14H,4-10H2,1-3H3. The first kappa shape index (κ1) is 14.5. The molecule has 0 radical (unpaired) electrons. The molecule has 100 valence electrons. The van der Waals surface area contributed by atoms with Crippen LogP contribution in [0.1, 0.15) is 33.1 Å². The van der Waals surface area contributed by atoms with Gasteiger partial charge in [-0.05, 0) is 44.8 Å². The Balaban J connectivity index is 2.45. The van der Waals surface area contributed by atoms with Crippen LogP contribution in [0.25, 0.3) is 0 Å². The molecule has 0 spiro atoms. The van der Waals surface area contributed by atoms with E-state index in [-0.39, 0.29) is 12.0 Å². The Bertz CT molecular complexity index is 233. The fraction of sp³-hybridized carbons (Fsp3) is 0.923. The number of esters is 1. The van der Waals surface area contributed by atoms with Gasteiger partial charge in [0.1, 0.15) is 6.04 Å². The van der Waals surface area contributed by atoms with Gasteiger partial charge in [-0.2, -0.15) is 0 Å². The smallest absolute Gasteiger partial charge is 0.324 e. The lowest BCUT2D eigenvalue weighted by Gasteiger charge is -2.25. The van der Waals surface area contributed by atoms with Crippen LogP contribution in [0.5, 0.6) is 0 Å². The third-order valence-electron chi connectivity index (χ3n) is 3.49. The van der Waals surface area contributed by atoms with Crippen molar-refractivity contribution < 1.29 is 9.53 Å². The molecular formula is C13H26N2O2. The Kier molecular flexibility index (Phi) is 6.52. The minimum absolute atomic E-state index is 0.149. The monoisotopic (exact) mass is 242 g/mol. The first-order valence-corrected chi connectivity index (χ1v) is 6.71. The van der Waals surface area contributed by atoms with Crippen molar-refractivity contribution in [3.8, 4) is 0 Å². The topological polar surface area (TPSA) is 41.6 Å². The molecule has 1 aliphatic rings. The van der Waals surface area contributed by atoms with Crippen molar-refractivity contribution in [3.05, 3.63) is 0 Å². The highest BCUT2D eigenvalue weighted by molar-refractivity contribution is 5.75. The van der Waals surface area contributed by atoms with Crippen molar-refractivity contribution in [2.45, 2.75) is 39.2 Å². The summed E-state index contributed by atoms with van der Waals surface area (Å²) >= 11 is 0. The number of hydrogen-bond donors (Lipinski definition) is 1. The summed E-state index contributed by atoms with van der Waals surface area (Å²) in [6, 6.07) is -0.182. The third kappa shape index (κ3) is 5.04. The number of likely N-dealkylation sites (tertiary alicyclic amines) is 1. The molecule has 0 amide bonds. The van der Waals surface area contributed by atoms with Crippen molar-refractivity contribution in [2.75, 3.05) is 33.3 Å². The fourth-order valence-electron chi connectivity index (χ4n) is 2.37. The van der Waals surface area contributed by atoms with E-state index in [1.807, 2.05) is 6.92 Å². The van der Waals surface area contributed by atoms with Gasteiger partial charge in [-0.25, -0.2) is 0 Å². The largest absolute Gasteiger partial charge is 0.468 e. The maximum Gasteiger partial charge on any atom is 0.324 e. The number of ether oxygens (including phenoxy) is 1. The molecule has 17 heavy (non-hydrogen) atoms. The first-order chi connectivity index (χ1) is 8.17. The van der Waals surface area contributed by atoms with Gasteiger partial charge in [-0.3, -0.25) is 4.79 Å². The number of carbonyl (C=O) groups is 1. The molecule has 1 N–H and O–H groups in total. The van der Waals surface area contributed by atoms with Gasteiger partial charge < -0.3 is 15.0 Å². The molecule has 1 rings (SSSR count). The molecule has 1 heterocycles. The van der Waals surface area contributed by atoms with E-state index >= 15 is 0 Å². The van der Waals surface area contributed by atoms with Crippen LogP contribution in [0.2, 0.25) is 0 Å². The molecule has 0 aliphatic carbocycles. The second-order valence-corrected chi connectivity index (χ2v) is 4.97. The van der Waals surface area contributed by atoms with Crippen molar-refractivity contribution in [1.82, 2.24) is 10.2 Å².